The van der Waals surface area contributed by atoms with Crippen LogP contribution in [0.15, 0.2) is 54.0 Å². The number of para-hydroxylation sites is 1. The zero-order valence-electron chi connectivity index (χ0n) is 9.07. The summed E-state index contributed by atoms with van der Waals surface area (Å²) in [6.45, 7) is 5.98. The summed E-state index contributed by atoms with van der Waals surface area (Å²) >= 11 is 0. The fourth-order valence-electron chi connectivity index (χ4n) is 1.73. The summed E-state index contributed by atoms with van der Waals surface area (Å²) in [4.78, 5) is 0. The molecule has 2 N–H and O–H groups in total. The van der Waals surface area contributed by atoms with Gasteiger partial charge in [-0.2, -0.15) is 0 Å². The van der Waals surface area contributed by atoms with E-state index in [0.29, 0.717) is 0 Å². The van der Waals surface area contributed by atoms with Crippen LogP contribution in [0.3, 0.4) is 0 Å². The van der Waals surface area contributed by atoms with Crippen molar-refractivity contribution in [1.82, 2.24) is 5.01 Å². The van der Waals surface area contributed by atoms with Crippen LogP contribution in [0.4, 0.5) is 5.69 Å². The van der Waals surface area contributed by atoms with Gasteiger partial charge in [0.1, 0.15) is 0 Å². The fourth-order valence-corrected chi connectivity index (χ4v) is 1.73. The second kappa shape index (κ2) is 3.35. The van der Waals surface area contributed by atoms with Gasteiger partial charge >= 0.3 is 0 Å². The minimum absolute atomic E-state index is 0.751. The van der Waals surface area contributed by atoms with Crippen molar-refractivity contribution >= 4 is 5.69 Å². The summed E-state index contributed by atoms with van der Waals surface area (Å²) in [6.07, 6.45) is 0. The Hall–Kier alpha value is -1.90. The lowest BCUT2D eigenvalue weighted by Gasteiger charge is -2.29. The molecule has 3 heteroatoms. The molecule has 1 heterocycles. The van der Waals surface area contributed by atoms with Crippen LogP contribution in [0.1, 0.15) is 6.92 Å². The van der Waals surface area contributed by atoms with Gasteiger partial charge in [0.2, 0.25) is 0 Å². The number of nitrogens with zero attached hydrogens (tertiary/aromatic N) is 2. The highest BCUT2D eigenvalue weighted by Crippen LogP contribution is 2.31. The SMILES string of the molecule is C=C1C(N)=C(C)N(C)N1c1ccccc1. The predicted molar refractivity (Wildman–Crippen MR) is 62.7 cm³/mol. The van der Waals surface area contributed by atoms with Gasteiger partial charge in [-0.05, 0) is 19.1 Å². The van der Waals surface area contributed by atoms with Crippen molar-refractivity contribution in [3.8, 4) is 0 Å². The molecule has 1 aliphatic heterocycles. The Kier molecular flexibility index (Phi) is 2.15. The number of allylic oxidation sites excluding steroid dienone is 1. The number of benzene rings is 1. The molecule has 1 aromatic rings. The third-order valence-corrected chi connectivity index (χ3v) is 2.74. The Bertz CT molecular complexity index is 420. The van der Waals surface area contributed by atoms with Crippen molar-refractivity contribution in [3.63, 3.8) is 0 Å². The Morgan fingerprint density at radius 3 is 2.27 bits per heavy atom. The van der Waals surface area contributed by atoms with Crippen molar-refractivity contribution in [2.45, 2.75) is 6.92 Å². The molecule has 0 bridgehead atoms. The average molecular weight is 201 g/mol. The molecule has 1 aromatic carbocycles. The zero-order chi connectivity index (χ0) is 11.0. The van der Waals surface area contributed by atoms with E-state index in [1.807, 2.05) is 54.3 Å². The highest BCUT2D eigenvalue weighted by atomic mass is 15.6. The molecule has 2 rings (SSSR count). The number of hydrazine groups is 1. The molecule has 0 unspecified atom stereocenters. The summed E-state index contributed by atoms with van der Waals surface area (Å²) in [5.41, 5.74) is 9.63. The van der Waals surface area contributed by atoms with E-state index in [-0.39, 0.29) is 0 Å². The summed E-state index contributed by atoms with van der Waals surface area (Å²) in [6, 6.07) is 10.1. The molecule has 0 aromatic heterocycles. The van der Waals surface area contributed by atoms with Gasteiger partial charge < -0.3 is 5.73 Å². The molecular formula is C12H15N3. The Balaban J connectivity index is 2.39. The molecule has 3 nitrogen and oxygen atoms in total. The van der Waals surface area contributed by atoms with E-state index in [1.165, 1.54) is 0 Å². The van der Waals surface area contributed by atoms with Crippen molar-refractivity contribution in [2.75, 3.05) is 12.1 Å². The monoisotopic (exact) mass is 201 g/mol. The molecule has 0 atom stereocenters. The lowest BCUT2D eigenvalue weighted by atomic mass is 10.3. The first-order chi connectivity index (χ1) is 7.13. The highest BCUT2D eigenvalue weighted by Gasteiger charge is 2.26. The van der Waals surface area contributed by atoms with Crippen LogP contribution >= 0.6 is 0 Å². The Morgan fingerprint density at radius 1 is 1.20 bits per heavy atom. The largest absolute Gasteiger partial charge is 0.396 e. The quantitative estimate of drug-likeness (QED) is 0.754. The number of anilines is 1. The summed E-state index contributed by atoms with van der Waals surface area (Å²) in [5, 5.41) is 4.01. The lowest BCUT2D eigenvalue weighted by Crippen LogP contribution is -2.32. The summed E-state index contributed by atoms with van der Waals surface area (Å²) < 4.78 is 0. The van der Waals surface area contributed by atoms with E-state index >= 15 is 0 Å². The van der Waals surface area contributed by atoms with E-state index in [9.17, 15) is 0 Å². The van der Waals surface area contributed by atoms with Crippen LogP contribution in [-0.2, 0) is 0 Å². The molecule has 0 saturated heterocycles. The van der Waals surface area contributed by atoms with Crippen molar-refractivity contribution < 1.29 is 0 Å². The third kappa shape index (κ3) is 1.36. The molecule has 0 spiro atoms. The van der Waals surface area contributed by atoms with Crippen LogP contribution in [0, 0.1) is 0 Å². The lowest BCUT2D eigenvalue weighted by molar-refractivity contribution is 0.438. The summed E-state index contributed by atoms with van der Waals surface area (Å²) in [5.74, 6) is 0. The van der Waals surface area contributed by atoms with Crippen LogP contribution in [0.5, 0.6) is 0 Å². The van der Waals surface area contributed by atoms with E-state index in [1.54, 1.807) is 0 Å². The molecule has 78 valence electrons. The molecule has 0 amide bonds. The first-order valence-electron chi connectivity index (χ1n) is 4.87. The molecule has 0 fully saturated rings. The first kappa shape index (κ1) is 9.65. The zero-order valence-corrected chi connectivity index (χ0v) is 9.07. The van der Waals surface area contributed by atoms with Gasteiger partial charge in [-0.25, -0.2) is 0 Å². The van der Waals surface area contributed by atoms with Crippen LogP contribution in [0.25, 0.3) is 0 Å². The standard InChI is InChI=1S/C12H15N3/c1-9-12(13)10(2)15(14(9)3)11-7-5-4-6-8-11/h4-8H,2,13H2,1,3H3. The fraction of sp³-hybridized carbons (Fsp3) is 0.167. The number of hydrogen-bond acceptors (Lipinski definition) is 3. The number of hydrogen-bond donors (Lipinski definition) is 1. The third-order valence-electron chi connectivity index (χ3n) is 2.74. The first-order valence-corrected chi connectivity index (χ1v) is 4.87. The Morgan fingerprint density at radius 2 is 1.80 bits per heavy atom. The molecule has 0 aliphatic carbocycles. The van der Waals surface area contributed by atoms with Crippen molar-refractivity contribution in [3.05, 3.63) is 54.0 Å². The van der Waals surface area contributed by atoms with Gasteiger partial charge in [-0.3, -0.25) is 10.0 Å². The number of nitrogens with two attached hydrogens (primary N) is 1. The maximum absolute atomic E-state index is 5.94. The van der Waals surface area contributed by atoms with E-state index < -0.39 is 0 Å². The minimum Gasteiger partial charge on any atom is -0.396 e. The van der Waals surface area contributed by atoms with Gasteiger partial charge in [0.15, 0.2) is 0 Å². The van der Waals surface area contributed by atoms with Gasteiger partial charge in [0.05, 0.1) is 22.8 Å². The van der Waals surface area contributed by atoms with E-state index in [4.69, 9.17) is 5.73 Å². The van der Waals surface area contributed by atoms with Crippen LogP contribution in [-0.4, -0.2) is 12.1 Å². The summed E-state index contributed by atoms with van der Waals surface area (Å²) in [7, 11) is 1.98. The van der Waals surface area contributed by atoms with Crippen molar-refractivity contribution in [2.24, 2.45) is 5.73 Å². The second-order valence-corrected chi connectivity index (χ2v) is 3.62. The van der Waals surface area contributed by atoms with E-state index in [0.717, 1.165) is 22.8 Å². The molecule has 1 aliphatic rings. The molecule has 0 saturated carbocycles. The second-order valence-electron chi connectivity index (χ2n) is 3.62. The maximum atomic E-state index is 5.94. The van der Waals surface area contributed by atoms with Gasteiger partial charge in [-0.1, -0.05) is 24.8 Å². The van der Waals surface area contributed by atoms with Gasteiger partial charge in [0, 0.05) is 7.05 Å². The average Bonchev–Trinajstić information content (AvgIpc) is 2.45. The molecule has 15 heavy (non-hydrogen) atoms. The topological polar surface area (TPSA) is 32.5 Å². The van der Waals surface area contributed by atoms with Crippen molar-refractivity contribution in [1.29, 1.82) is 0 Å². The van der Waals surface area contributed by atoms with Crippen LogP contribution in [0.2, 0.25) is 0 Å². The molecular weight excluding hydrogens is 186 g/mol. The smallest absolute Gasteiger partial charge is 0.0808 e. The maximum Gasteiger partial charge on any atom is 0.0808 e. The normalized spacial score (nSPS) is 16.5. The highest BCUT2D eigenvalue weighted by molar-refractivity contribution is 5.58. The number of rotatable bonds is 1. The molecule has 0 radical (unpaired) electrons. The minimum atomic E-state index is 0.751. The van der Waals surface area contributed by atoms with Crippen LogP contribution < -0.4 is 10.7 Å². The Labute approximate surface area is 90.1 Å². The predicted octanol–water partition coefficient (Wildman–Crippen LogP) is 2.06. The van der Waals surface area contributed by atoms with Gasteiger partial charge in [0.25, 0.3) is 0 Å². The van der Waals surface area contributed by atoms with Gasteiger partial charge in [-0.15, -0.1) is 0 Å². The van der Waals surface area contributed by atoms with E-state index in [2.05, 4.69) is 6.58 Å².